The van der Waals surface area contributed by atoms with Gasteiger partial charge in [0.25, 0.3) is 0 Å². The summed E-state index contributed by atoms with van der Waals surface area (Å²) in [4.78, 5) is 0. The molecule has 2 aliphatic heterocycles. The van der Waals surface area contributed by atoms with Crippen molar-refractivity contribution in [1.29, 1.82) is 0 Å². The molecule has 0 aromatic carbocycles. The Morgan fingerprint density at radius 1 is 0.955 bits per heavy atom. The second kappa shape index (κ2) is 7.11. The SMILES string of the molecule is CO[C@]1(C)O[C@H]2CCCCC[C@@H](C)OC(O)[C@@H]2O[C@@]1(C)OC. The Morgan fingerprint density at radius 3 is 2.18 bits per heavy atom. The molecule has 130 valence electrons. The summed E-state index contributed by atoms with van der Waals surface area (Å²) in [7, 11) is 3.10. The van der Waals surface area contributed by atoms with E-state index in [9.17, 15) is 5.11 Å². The first-order chi connectivity index (χ1) is 10.3. The van der Waals surface area contributed by atoms with Gasteiger partial charge in [0.2, 0.25) is 11.6 Å². The first kappa shape index (κ1) is 18.1. The van der Waals surface area contributed by atoms with Gasteiger partial charge in [-0.1, -0.05) is 19.3 Å². The van der Waals surface area contributed by atoms with Gasteiger partial charge in [0.15, 0.2) is 6.29 Å². The highest BCUT2D eigenvalue weighted by molar-refractivity contribution is 4.92. The highest BCUT2D eigenvalue weighted by Crippen LogP contribution is 2.41. The predicted molar refractivity (Wildman–Crippen MR) is 80.2 cm³/mol. The molecule has 1 unspecified atom stereocenters. The summed E-state index contributed by atoms with van der Waals surface area (Å²) in [6, 6.07) is 0. The first-order valence-corrected chi connectivity index (χ1v) is 8.14. The Bertz CT molecular complexity index is 365. The standard InChI is InChI=1S/C16H30O6/c1-11-9-7-6-8-10-12-13(14(17)20-11)22-16(3,19-5)15(2,18-4)21-12/h11-14,17H,6-10H2,1-5H3/t11-,12+,13-,14?,15-,16-/m1/s1. The third-order valence-corrected chi connectivity index (χ3v) is 4.96. The third-order valence-electron chi connectivity index (χ3n) is 4.96. The van der Waals surface area contributed by atoms with Crippen LogP contribution in [-0.4, -0.2) is 55.5 Å². The molecule has 6 atom stereocenters. The molecule has 0 aromatic rings. The molecular formula is C16H30O6. The monoisotopic (exact) mass is 318 g/mol. The van der Waals surface area contributed by atoms with Crippen LogP contribution in [0.5, 0.6) is 0 Å². The minimum absolute atomic E-state index is 0.0121. The van der Waals surface area contributed by atoms with Crippen LogP contribution in [0.4, 0.5) is 0 Å². The van der Waals surface area contributed by atoms with Gasteiger partial charge in [-0.3, -0.25) is 0 Å². The van der Waals surface area contributed by atoms with Crippen LogP contribution in [0.15, 0.2) is 0 Å². The summed E-state index contributed by atoms with van der Waals surface area (Å²) < 4.78 is 28.9. The minimum atomic E-state index is -1.12. The molecule has 0 amide bonds. The van der Waals surface area contributed by atoms with E-state index in [1.165, 1.54) is 7.11 Å². The molecule has 0 aromatic heterocycles. The van der Waals surface area contributed by atoms with Gasteiger partial charge in [0.05, 0.1) is 12.2 Å². The summed E-state index contributed by atoms with van der Waals surface area (Å²) >= 11 is 0. The normalized spacial score (nSPS) is 47.7. The van der Waals surface area contributed by atoms with Crippen LogP contribution in [0, 0.1) is 0 Å². The van der Waals surface area contributed by atoms with Gasteiger partial charge in [-0.25, -0.2) is 0 Å². The maximum atomic E-state index is 10.4. The average Bonchev–Trinajstić information content (AvgIpc) is 2.49. The molecule has 0 saturated carbocycles. The van der Waals surface area contributed by atoms with Crippen LogP contribution >= 0.6 is 0 Å². The molecular weight excluding hydrogens is 288 g/mol. The van der Waals surface area contributed by atoms with E-state index >= 15 is 0 Å². The number of hydrogen-bond donors (Lipinski definition) is 1. The van der Waals surface area contributed by atoms with E-state index < -0.39 is 24.0 Å². The molecule has 0 radical (unpaired) electrons. The number of methoxy groups -OCH3 is 2. The highest BCUT2D eigenvalue weighted by atomic mass is 16.8. The molecule has 22 heavy (non-hydrogen) atoms. The molecule has 6 heteroatoms. The largest absolute Gasteiger partial charge is 0.366 e. The topological polar surface area (TPSA) is 66.4 Å². The minimum Gasteiger partial charge on any atom is -0.366 e. The molecule has 2 fully saturated rings. The molecule has 2 saturated heterocycles. The summed E-state index contributed by atoms with van der Waals surface area (Å²) in [6.45, 7) is 5.52. The summed E-state index contributed by atoms with van der Waals surface area (Å²) in [5.74, 6) is -2.17. The van der Waals surface area contributed by atoms with E-state index in [0.717, 1.165) is 32.1 Å². The Balaban J connectivity index is 2.23. The van der Waals surface area contributed by atoms with Crippen LogP contribution in [0.25, 0.3) is 0 Å². The van der Waals surface area contributed by atoms with Crippen LogP contribution in [0.2, 0.25) is 0 Å². The van der Waals surface area contributed by atoms with Crippen molar-refractivity contribution in [2.75, 3.05) is 14.2 Å². The number of rotatable bonds is 2. The smallest absolute Gasteiger partial charge is 0.220 e. The van der Waals surface area contributed by atoms with E-state index in [0.29, 0.717) is 0 Å². The Labute approximate surface area is 133 Å². The van der Waals surface area contributed by atoms with E-state index in [1.54, 1.807) is 21.0 Å². The van der Waals surface area contributed by atoms with Gasteiger partial charge in [0.1, 0.15) is 6.10 Å². The van der Waals surface area contributed by atoms with E-state index in [4.69, 9.17) is 23.7 Å². The summed E-state index contributed by atoms with van der Waals surface area (Å²) in [5, 5.41) is 10.4. The van der Waals surface area contributed by atoms with Crippen molar-refractivity contribution >= 4 is 0 Å². The second-order valence-electron chi connectivity index (χ2n) is 6.51. The molecule has 0 aliphatic carbocycles. The summed E-state index contributed by atoms with van der Waals surface area (Å²) in [6.07, 6.45) is 2.99. The number of fused-ring (bicyclic) bond motifs is 1. The zero-order valence-corrected chi connectivity index (χ0v) is 14.3. The quantitative estimate of drug-likeness (QED) is 0.842. The van der Waals surface area contributed by atoms with Crippen molar-refractivity contribution in [3.63, 3.8) is 0 Å². The maximum Gasteiger partial charge on any atom is 0.220 e. The van der Waals surface area contributed by atoms with Crippen LogP contribution in [0.3, 0.4) is 0 Å². The van der Waals surface area contributed by atoms with E-state index in [-0.39, 0.29) is 12.2 Å². The van der Waals surface area contributed by atoms with Crippen molar-refractivity contribution in [2.24, 2.45) is 0 Å². The van der Waals surface area contributed by atoms with Gasteiger partial charge in [-0.2, -0.15) is 0 Å². The fourth-order valence-corrected chi connectivity index (χ4v) is 3.18. The lowest BCUT2D eigenvalue weighted by Crippen LogP contribution is -2.67. The van der Waals surface area contributed by atoms with Crippen LogP contribution in [-0.2, 0) is 23.7 Å². The molecule has 1 N–H and O–H groups in total. The van der Waals surface area contributed by atoms with Crippen molar-refractivity contribution in [1.82, 2.24) is 0 Å². The molecule has 6 nitrogen and oxygen atoms in total. The molecule has 2 aliphatic rings. The van der Waals surface area contributed by atoms with Gasteiger partial charge >= 0.3 is 0 Å². The van der Waals surface area contributed by atoms with E-state index in [1.807, 2.05) is 6.92 Å². The van der Waals surface area contributed by atoms with E-state index in [2.05, 4.69) is 0 Å². The second-order valence-corrected chi connectivity index (χ2v) is 6.51. The zero-order valence-electron chi connectivity index (χ0n) is 14.3. The zero-order chi connectivity index (χ0) is 16.4. The number of aliphatic hydroxyl groups is 1. The Kier molecular flexibility index (Phi) is 5.85. The average molecular weight is 318 g/mol. The van der Waals surface area contributed by atoms with Crippen molar-refractivity contribution in [3.8, 4) is 0 Å². The van der Waals surface area contributed by atoms with Crippen molar-refractivity contribution in [3.05, 3.63) is 0 Å². The van der Waals surface area contributed by atoms with Crippen LogP contribution < -0.4 is 0 Å². The lowest BCUT2D eigenvalue weighted by Gasteiger charge is -2.53. The van der Waals surface area contributed by atoms with Gasteiger partial charge in [0, 0.05) is 14.2 Å². The van der Waals surface area contributed by atoms with Crippen molar-refractivity contribution < 1.29 is 28.8 Å². The number of hydrogen-bond acceptors (Lipinski definition) is 6. The fraction of sp³-hybridized carbons (Fsp3) is 1.00. The van der Waals surface area contributed by atoms with Gasteiger partial charge in [-0.05, 0) is 33.6 Å². The van der Waals surface area contributed by atoms with Gasteiger partial charge in [-0.15, -0.1) is 0 Å². The van der Waals surface area contributed by atoms with Crippen molar-refractivity contribution in [2.45, 2.75) is 89.1 Å². The highest BCUT2D eigenvalue weighted by Gasteiger charge is 2.58. The Morgan fingerprint density at radius 2 is 1.55 bits per heavy atom. The molecule has 2 heterocycles. The van der Waals surface area contributed by atoms with Crippen LogP contribution in [0.1, 0.15) is 52.9 Å². The lowest BCUT2D eigenvalue weighted by molar-refractivity contribution is -0.463. The molecule has 0 spiro atoms. The number of ether oxygens (including phenoxy) is 5. The molecule has 2 rings (SSSR count). The molecule has 0 bridgehead atoms. The Hall–Kier alpha value is -0.240. The first-order valence-electron chi connectivity index (χ1n) is 8.14. The van der Waals surface area contributed by atoms with Gasteiger partial charge < -0.3 is 28.8 Å². The third kappa shape index (κ3) is 3.47. The predicted octanol–water partition coefficient (Wildman–Crippen LogP) is 2.18. The lowest BCUT2D eigenvalue weighted by atomic mass is 9.97. The maximum absolute atomic E-state index is 10.4. The summed E-state index contributed by atoms with van der Waals surface area (Å²) in [5.41, 5.74) is 0. The number of aliphatic hydroxyl groups excluding tert-OH is 1. The fourth-order valence-electron chi connectivity index (χ4n) is 3.18.